The van der Waals surface area contributed by atoms with Crippen molar-refractivity contribution in [1.29, 1.82) is 0 Å². The Bertz CT molecular complexity index is 2560. The van der Waals surface area contributed by atoms with Crippen LogP contribution in [-0.2, 0) is 7.05 Å². The lowest BCUT2D eigenvalue weighted by molar-refractivity contribution is 0.959. The number of imidazole rings is 1. The third kappa shape index (κ3) is 4.50. The molecular weight excluding hydrogens is 576 g/mol. The molecule has 0 radical (unpaired) electrons. The first-order valence-corrected chi connectivity index (χ1v) is 15.6. The van der Waals surface area contributed by atoms with E-state index in [0.717, 1.165) is 72.7 Å². The van der Waals surface area contributed by atoms with Crippen molar-refractivity contribution in [2.45, 2.75) is 0 Å². The highest BCUT2D eigenvalue weighted by atomic mass is 15.1. The maximum Gasteiger partial charge on any atom is 0.140 e. The summed E-state index contributed by atoms with van der Waals surface area (Å²) in [5.74, 6) is 0.934. The molecule has 6 nitrogen and oxygen atoms in total. The first kappa shape index (κ1) is 27.0. The second-order valence-electron chi connectivity index (χ2n) is 11.7. The number of aromatic nitrogens is 6. The number of fused-ring (bicyclic) bond motifs is 4. The predicted molar refractivity (Wildman–Crippen MR) is 190 cm³/mol. The number of aryl methyl sites for hydroxylation is 1. The van der Waals surface area contributed by atoms with Gasteiger partial charge < -0.3 is 9.13 Å². The predicted octanol–water partition coefficient (Wildman–Crippen LogP) is 9.52. The Balaban J connectivity index is 1.28. The molecule has 0 aliphatic carbocycles. The Labute approximate surface area is 271 Å². The van der Waals surface area contributed by atoms with Crippen molar-refractivity contribution >= 4 is 32.8 Å². The van der Waals surface area contributed by atoms with Crippen LogP contribution >= 0.6 is 0 Å². The normalized spacial score (nSPS) is 11.5. The van der Waals surface area contributed by atoms with Gasteiger partial charge in [0, 0.05) is 82.2 Å². The van der Waals surface area contributed by atoms with E-state index in [1.807, 2.05) is 43.0 Å². The number of benzene rings is 4. The van der Waals surface area contributed by atoms with E-state index in [2.05, 4.69) is 129 Å². The molecule has 0 spiro atoms. The molecule has 0 N–H and O–H groups in total. The van der Waals surface area contributed by atoms with Gasteiger partial charge >= 0.3 is 0 Å². The molecule has 9 aromatic rings. The van der Waals surface area contributed by atoms with Crippen LogP contribution in [0.25, 0.3) is 83.4 Å². The zero-order valence-electron chi connectivity index (χ0n) is 25.6. The lowest BCUT2D eigenvalue weighted by Crippen LogP contribution is -1.99. The van der Waals surface area contributed by atoms with Crippen LogP contribution in [0, 0.1) is 0 Å². The largest absolute Gasteiger partial charge is 0.327 e. The molecule has 0 bridgehead atoms. The van der Waals surface area contributed by atoms with E-state index >= 15 is 0 Å². The van der Waals surface area contributed by atoms with Crippen molar-refractivity contribution in [2.24, 2.45) is 7.05 Å². The molecule has 4 aromatic carbocycles. The second kappa shape index (κ2) is 10.9. The molecule has 0 saturated heterocycles. The minimum atomic E-state index is 0.901. The van der Waals surface area contributed by atoms with Crippen molar-refractivity contribution in [1.82, 2.24) is 29.1 Å². The van der Waals surface area contributed by atoms with E-state index in [0.29, 0.717) is 0 Å². The summed E-state index contributed by atoms with van der Waals surface area (Å²) in [6.07, 6.45) is 9.31. The average Bonchev–Trinajstić information content (AvgIpc) is 3.66. The quantitative estimate of drug-likeness (QED) is 0.196. The van der Waals surface area contributed by atoms with Gasteiger partial charge in [0.15, 0.2) is 0 Å². The zero-order valence-corrected chi connectivity index (χ0v) is 25.6. The molecule has 0 aliphatic heterocycles. The lowest BCUT2D eigenvalue weighted by atomic mass is 10.00. The van der Waals surface area contributed by atoms with Crippen molar-refractivity contribution in [3.8, 4) is 50.6 Å². The van der Waals surface area contributed by atoms with Crippen LogP contribution in [0.4, 0.5) is 0 Å². The average molecular weight is 605 g/mol. The highest BCUT2D eigenvalue weighted by molar-refractivity contribution is 6.10. The highest BCUT2D eigenvalue weighted by Crippen LogP contribution is 2.39. The molecule has 0 aliphatic rings. The zero-order chi connectivity index (χ0) is 31.3. The van der Waals surface area contributed by atoms with Gasteiger partial charge in [0.25, 0.3) is 0 Å². The maximum atomic E-state index is 5.03. The summed E-state index contributed by atoms with van der Waals surface area (Å²) in [4.78, 5) is 18.7. The van der Waals surface area contributed by atoms with Gasteiger partial charge in [-0.3, -0.25) is 15.0 Å². The fraction of sp³-hybridized carbons (Fsp3) is 0.0244. The topological polar surface area (TPSA) is 61.4 Å². The van der Waals surface area contributed by atoms with E-state index < -0.39 is 0 Å². The number of nitrogens with zero attached hydrogens (tertiary/aromatic N) is 6. The van der Waals surface area contributed by atoms with E-state index in [-0.39, 0.29) is 0 Å². The van der Waals surface area contributed by atoms with Crippen molar-refractivity contribution in [3.63, 3.8) is 0 Å². The summed E-state index contributed by atoms with van der Waals surface area (Å²) in [6, 6.07) is 42.5. The number of hydrogen-bond donors (Lipinski definition) is 0. The van der Waals surface area contributed by atoms with Gasteiger partial charge in [-0.2, -0.15) is 0 Å². The summed E-state index contributed by atoms with van der Waals surface area (Å²) < 4.78 is 4.55. The van der Waals surface area contributed by atoms with Gasteiger partial charge in [0.05, 0.1) is 33.4 Å². The van der Waals surface area contributed by atoms with Crippen molar-refractivity contribution < 1.29 is 0 Å². The maximum absolute atomic E-state index is 5.03. The minimum absolute atomic E-state index is 0.901. The first-order chi connectivity index (χ1) is 23.2. The van der Waals surface area contributed by atoms with Crippen LogP contribution in [-0.4, -0.2) is 29.1 Å². The summed E-state index contributed by atoms with van der Waals surface area (Å²) in [5.41, 5.74) is 12.6. The Hall–Kier alpha value is -6.40. The molecule has 9 rings (SSSR count). The molecule has 5 heterocycles. The Morgan fingerprint density at radius 3 is 1.98 bits per heavy atom. The lowest BCUT2D eigenvalue weighted by Gasteiger charge is -2.16. The third-order valence-corrected chi connectivity index (χ3v) is 8.98. The smallest absolute Gasteiger partial charge is 0.140 e. The fourth-order valence-electron chi connectivity index (χ4n) is 6.68. The van der Waals surface area contributed by atoms with Gasteiger partial charge in [-0.05, 0) is 48.5 Å². The minimum Gasteiger partial charge on any atom is -0.327 e. The standard InChI is InChI=1S/C41H28N6/c1-46-38-13-5-3-11-36(38)45-41(46)28-15-18-34-33-10-2-4-12-37(33)47(40(34)23-28)39-22-27(14-17-32(39)31-9-7-21-43-25-31)35-19-16-30(26-44-35)29-8-6-20-42-24-29/h2-26H,1H3. The fourth-order valence-corrected chi connectivity index (χ4v) is 6.68. The van der Waals surface area contributed by atoms with E-state index in [9.17, 15) is 0 Å². The van der Waals surface area contributed by atoms with Crippen LogP contribution < -0.4 is 0 Å². The van der Waals surface area contributed by atoms with E-state index in [1.54, 1.807) is 6.20 Å². The van der Waals surface area contributed by atoms with Crippen LogP contribution in [0.1, 0.15) is 0 Å². The van der Waals surface area contributed by atoms with Crippen LogP contribution in [0.3, 0.4) is 0 Å². The molecule has 222 valence electrons. The molecule has 0 unspecified atom stereocenters. The molecule has 0 fully saturated rings. The number of hydrogen-bond acceptors (Lipinski definition) is 4. The van der Waals surface area contributed by atoms with Gasteiger partial charge in [0.1, 0.15) is 5.82 Å². The molecule has 0 amide bonds. The molecular formula is C41H28N6. The monoisotopic (exact) mass is 604 g/mol. The number of para-hydroxylation sites is 3. The summed E-state index contributed by atoms with van der Waals surface area (Å²) in [6.45, 7) is 0. The van der Waals surface area contributed by atoms with Gasteiger partial charge in [-0.1, -0.05) is 72.8 Å². The third-order valence-electron chi connectivity index (χ3n) is 8.98. The number of rotatable bonds is 5. The summed E-state index contributed by atoms with van der Waals surface area (Å²) in [7, 11) is 2.08. The molecule has 0 atom stereocenters. The summed E-state index contributed by atoms with van der Waals surface area (Å²) >= 11 is 0. The first-order valence-electron chi connectivity index (χ1n) is 15.6. The van der Waals surface area contributed by atoms with Crippen LogP contribution in [0.15, 0.2) is 152 Å². The van der Waals surface area contributed by atoms with Crippen LogP contribution in [0.5, 0.6) is 0 Å². The van der Waals surface area contributed by atoms with E-state index in [1.165, 1.54) is 10.8 Å². The van der Waals surface area contributed by atoms with Gasteiger partial charge in [-0.25, -0.2) is 4.98 Å². The Kier molecular flexibility index (Phi) is 6.25. The molecule has 6 heteroatoms. The van der Waals surface area contributed by atoms with Crippen molar-refractivity contribution in [2.75, 3.05) is 0 Å². The molecule has 0 saturated carbocycles. The van der Waals surface area contributed by atoms with E-state index in [4.69, 9.17) is 9.97 Å². The molecule has 5 aromatic heterocycles. The highest BCUT2D eigenvalue weighted by Gasteiger charge is 2.19. The van der Waals surface area contributed by atoms with Gasteiger partial charge in [-0.15, -0.1) is 0 Å². The SMILES string of the molecule is Cn1c(-c2ccc3c4ccccc4n(-c4cc(-c5ccc(-c6cccnc6)cn5)ccc4-c4cccnc4)c3c2)nc2ccccc21. The van der Waals surface area contributed by atoms with Crippen LogP contribution in [0.2, 0.25) is 0 Å². The summed E-state index contributed by atoms with van der Waals surface area (Å²) in [5, 5.41) is 2.38. The van der Waals surface area contributed by atoms with Gasteiger partial charge in [0.2, 0.25) is 0 Å². The van der Waals surface area contributed by atoms with Crippen molar-refractivity contribution in [3.05, 3.63) is 152 Å². The molecule has 47 heavy (non-hydrogen) atoms. The Morgan fingerprint density at radius 1 is 0.511 bits per heavy atom. The Morgan fingerprint density at radius 2 is 1.21 bits per heavy atom. The number of pyridine rings is 3. The second-order valence-corrected chi connectivity index (χ2v) is 11.7.